The van der Waals surface area contributed by atoms with Gasteiger partial charge in [0.15, 0.2) is 0 Å². The van der Waals surface area contributed by atoms with Crippen molar-refractivity contribution in [1.82, 2.24) is 0 Å². The summed E-state index contributed by atoms with van der Waals surface area (Å²) in [6, 6.07) is 9.14. The minimum absolute atomic E-state index is 0.689. The summed E-state index contributed by atoms with van der Waals surface area (Å²) in [5, 5.41) is 0. The molecule has 1 heterocycles. The lowest BCUT2D eigenvalue weighted by Gasteiger charge is -2.21. The van der Waals surface area contributed by atoms with E-state index in [1.165, 1.54) is 29.1 Å². The Bertz CT molecular complexity index is 273. The fourth-order valence-corrected chi connectivity index (χ4v) is 4.49. The summed E-state index contributed by atoms with van der Waals surface area (Å²) in [5.41, 5.74) is 2.94. The molecule has 0 spiro atoms. The third kappa shape index (κ3) is 2.48. The van der Waals surface area contributed by atoms with Crippen LogP contribution in [-0.4, -0.2) is 11.5 Å². The van der Waals surface area contributed by atoms with Gasteiger partial charge in [0.2, 0.25) is 0 Å². The molecule has 1 aliphatic rings. The van der Waals surface area contributed by atoms with Crippen LogP contribution in [0.25, 0.3) is 0 Å². The smallest absolute Gasteiger partial charge is 0.0751 e. The fourth-order valence-electron chi connectivity index (χ4n) is 1.59. The van der Waals surface area contributed by atoms with Crippen LogP contribution in [0.1, 0.15) is 29.1 Å². The molecule has 0 radical (unpaired) electrons. The molecule has 14 heavy (non-hydrogen) atoms. The Kier molecular flexibility index (Phi) is 3.82. The van der Waals surface area contributed by atoms with E-state index in [0.717, 1.165) is 6.42 Å². The Balaban J connectivity index is 2.07. The van der Waals surface area contributed by atoms with E-state index in [1.807, 2.05) is 0 Å². The minimum Gasteiger partial charge on any atom is -0.143 e. The van der Waals surface area contributed by atoms with Gasteiger partial charge in [0.25, 0.3) is 0 Å². The highest BCUT2D eigenvalue weighted by Gasteiger charge is 2.15. The van der Waals surface area contributed by atoms with E-state index in [4.69, 9.17) is 0 Å². The van der Waals surface area contributed by atoms with E-state index in [0.29, 0.717) is 4.58 Å². The zero-order valence-corrected chi connectivity index (χ0v) is 10.2. The SMILES string of the molecule is CCc1ccc(C2SCCCS2)cc1. The molecule has 1 fully saturated rings. The van der Waals surface area contributed by atoms with Crippen LogP contribution in [0.5, 0.6) is 0 Å². The summed E-state index contributed by atoms with van der Waals surface area (Å²) in [7, 11) is 0. The van der Waals surface area contributed by atoms with Gasteiger partial charge in [-0.05, 0) is 35.5 Å². The Labute approximate surface area is 94.9 Å². The first-order valence-corrected chi connectivity index (χ1v) is 7.32. The van der Waals surface area contributed by atoms with Crippen LogP contribution in [0.2, 0.25) is 0 Å². The quantitative estimate of drug-likeness (QED) is 0.741. The van der Waals surface area contributed by atoms with Gasteiger partial charge in [-0.15, -0.1) is 23.5 Å². The van der Waals surface area contributed by atoms with Gasteiger partial charge in [-0.3, -0.25) is 0 Å². The highest BCUT2D eigenvalue weighted by atomic mass is 32.2. The van der Waals surface area contributed by atoms with Gasteiger partial charge >= 0.3 is 0 Å². The molecule has 0 unspecified atom stereocenters. The van der Waals surface area contributed by atoms with Gasteiger partial charge < -0.3 is 0 Å². The lowest BCUT2D eigenvalue weighted by molar-refractivity contribution is 1.09. The summed E-state index contributed by atoms with van der Waals surface area (Å²) in [4.78, 5) is 0. The van der Waals surface area contributed by atoms with Crippen LogP contribution in [0.4, 0.5) is 0 Å². The molecular weight excluding hydrogens is 208 g/mol. The summed E-state index contributed by atoms with van der Waals surface area (Å²) in [5.74, 6) is 2.65. The largest absolute Gasteiger partial charge is 0.143 e. The summed E-state index contributed by atoms with van der Waals surface area (Å²) >= 11 is 4.19. The van der Waals surface area contributed by atoms with Crippen LogP contribution in [0, 0.1) is 0 Å². The zero-order valence-electron chi connectivity index (χ0n) is 8.53. The normalized spacial score (nSPS) is 18.4. The van der Waals surface area contributed by atoms with Crippen molar-refractivity contribution in [2.45, 2.75) is 24.3 Å². The van der Waals surface area contributed by atoms with Gasteiger partial charge in [0, 0.05) is 0 Å². The van der Waals surface area contributed by atoms with Crippen LogP contribution in [0.3, 0.4) is 0 Å². The third-order valence-corrected chi connectivity index (χ3v) is 5.50. The van der Waals surface area contributed by atoms with Crippen LogP contribution in [0.15, 0.2) is 24.3 Å². The maximum atomic E-state index is 2.30. The van der Waals surface area contributed by atoms with Crippen molar-refractivity contribution in [2.24, 2.45) is 0 Å². The van der Waals surface area contributed by atoms with E-state index in [1.54, 1.807) is 0 Å². The minimum atomic E-state index is 0.689. The average Bonchev–Trinajstić information content (AvgIpc) is 2.30. The van der Waals surface area contributed by atoms with Crippen molar-refractivity contribution in [3.8, 4) is 0 Å². The first kappa shape index (κ1) is 10.4. The summed E-state index contributed by atoms with van der Waals surface area (Å²) in [6.45, 7) is 2.21. The molecule has 0 bridgehead atoms. The number of rotatable bonds is 2. The van der Waals surface area contributed by atoms with Crippen molar-refractivity contribution in [1.29, 1.82) is 0 Å². The molecule has 0 atom stereocenters. The molecule has 0 saturated carbocycles. The molecule has 0 amide bonds. The predicted octanol–water partition coefficient (Wildman–Crippen LogP) is 4.12. The molecule has 0 aliphatic carbocycles. The van der Waals surface area contributed by atoms with Crippen molar-refractivity contribution in [2.75, 3.05) is 11.5 Å². The van der Waals surface area contributed by atoms with E-state index in [9.17, 15) is 0 Å². The Morgan fingerprint density at radius 1 is 1.14 bits per heavy atom. The number of aryl methyl sites for hydroxylation is 1. The number of thioether (sulfide) groups is 2. The third-order valence-electron chi connectivity index (χ3n) is 2.49. The topological polar surface area (TPSA) is 0 Å². The highest BCUT2D eigenvalue weighted by Crippen LogP contribution is 2.43. The molecule has 0 aromatic heterocycles. The van der Waals surface area contributed by atoms with E-state index >= 15 is 0 Å². The van der Waals surface area contributed by atoms with Crippen molar-refractivity contribution in [3.05, 3.63) is 35.4 Å². The van der Waals surface area contributed by atoms with Gasteiger partial charge in [0.1, 0.15) is 0 Å². The molecule has 0 N–H and O–H groups in total. The predicted molar refractivity (Wildman–Crippen MR) is 68.1 cm³/mol. The summed E-state index contributed by atoms with van der Waals surface area (Å²) in [6.07, 6.45) is 2.52. The first-order chi connectivity index (χ1) is 6.90. The maximum Gasteiger partial charge on any atom is 0.0751 e. The standard InChI is InChI=1S/C12H16S2/c1-2-10-4-6-11(7-5-10)12-13-8-3-9-14-12/h4-7,12H,2-3,8-9H2,1H3. The molecule has 1 aliphatic heterocycles. The van der Waals surface area contributed by atoms with Crippen LogP contribution in [-0.2, 0) is 6.42 Å². The maximum absolute atomic E-state index is 2.30. The number of hydrogen-bond donors (Lipinski definition) is 0. The molecule has 2 rings (SSSR count). The average molecular weight is 224 g/mol. The Morgan fingerprint density at radius 2 is 1.79 bits per heavy atom. The second-order valence-corrected chi connectivity index (χ2v) is 6.25. The molecule has 2 heteroatoms. The van der Waals surface area contributed by atoms with Crippen molar-refractivity contribution >= 4 is 23.5 Å². The van der Waals surface area contributed by atoms with E-state index < -0.39 is 0 Å². The van der Waals surface area contributed by atoms with Gasteiger partial charge in [0.05, 0.1) is 4.58 Å². The monoisotopic (exact) mass is 224 g/mol. The van der Waals surface area contributed by atoms with Crippen molar-refractivity contribution in [3.63, 3.8) is 0 Å². The fraction of sp³-hybridized carbons (Fsp3) is 0.500. The lowest BCUT2D eigenvalue weighted by atomic mass is 10.1. The zero-order chi connectivity index (χ0) is 9.80. The van der Waals surface area contributed by atoms with Crippen LogP contribution >= 0.6 is 23.5 Å². The molecule has 1 aromatic rings. The second-order valence-electron chi connectivity index (χ2n) is 3.52. The van der Waals surface area contributed by atoms with Gasteiger partial charge in [-0.25, -0.2) is 0 Å². The molecule has 76 valence electrons. The molecular formula is C12H16S2. The Hall–Kier alpha value is -0.0800. The summed E-state index contributed by atoms with van der Waals surface area (Å²) < 4.78 is 0.689. The molecule has 1 saturated heterocycles. The highest BCUT2D eigenvalue weighted by molar-refractivity contribution is 8.16. The van der Waals surface area contributed by atoms with Crippen LogP contribution < -0.4 is 0 Å². The lowest BCUT2D eigenvalue weighted by Crippen LogP contribution is -2.00. The molecule has 0 nitrogen and oxygen atoms in total. The Morgan fingerprint density at radius 3 is 2.36 bits per heavy atom. The molecule has 1 aromatic carbocycles. The first-order valence-electron chi connectivity index (χ1n) is 5.22. The van der Waals surface area contributed by atoms with Gasteiger partial charge in [-0.1, -0.05) is 31.2 Å². The van der Waals surface area contributed by atoms with Crippen molar-refractivity contribution < 1.29 is 0 Å². The second kappa shape index (κ2) is 5.13. The van der Waals surface area contributed by atoms with E-state index in [2.05, 4.69) is 54.7 Å². The van der Waals surface area contributed by atoms with E-state index in [-0.39, 0.29) is 0 Å². The number of benzene rings is 1. The van der Waals surface area contributed by atoms with Gasteiger partial charge in [-0.2, -0.15) is 0 Å². The number of hydrogen-bond acceptors (Lipinski definition) is 2.